The number of nitrogens with zero attached hydrogens (tertiary/aromatic N) is 1. The second kappa shape index (κ2) is 7.04. The van der Waals surface area contributed by atoms with E-state index in [-0.39, 0.29) is 17.5 Å². The molecule has 1 amide bonds. The Bertz CT molecular complexity index is 496. The smallest absolute Gasteiger partial charge is 0.255 e. The summed E-state index contributed by atoms with van der Waals surface area (Å²) in [4.78, 5) is 29.4. The van der Waals surface area contributed by atoms with Crippen molar-refractivity contribution in [3.05, 3.63) is 27.4 Å². The zero-order valence-electron chi connectivity index (χ0n) is 11.7. The molecule has 1 unspecified atom stereocenters. The Labute approximate surface area is 112 Å². The predicted octanol–water partition coefficient (Wildman–Crippen LogP) is 0.693. The molecule has 0 aliphatic carbocycles. The first-order valence-electron chi connectivity index (χ1n) is 6.51. The first kappa shape index (κ1) is 15.4. The van der Waals surface area contributed by atoms with Crippen LogP contribution in [0, 0.1) is 13.8 Å². The van der Waals surface area contributed by atoms with Crippen molar-refractivity contribution in [1.82, 2.24) is 15.3 Å². The molecule has 4 N–H and O–H groups in total. The van der Waals surface area contributed by atoms with Gasteiger partial charge >= 0.3 is 0 Å². The number of primary amides is 1. The molecule has 0 saturated heterocycles. The van der Waals surface area contributed by atoms with Crippen LogP contribution < -0.4 is 16.6 Å². The van der Waals surface area contributed by atoms with Crippen LogP contribution in [-0.4, -0.2) is 22.4 Å². The highest BCUT2D eigenvalue weighted by molar-refractivity contribution is 5.73. The van der Waals surface area contributed by atoms with Gasteiger partial charge < -0.3 is 16.0 Å². The number of amides is 1. The number of nitrogens with two attached hydrogens (primary N) is 1. The fourth-order valence-electron chi connectivity index (χ4n) is 2.09. The summed E-state index contributed by atoms with van der Waals surface area (Å²) >= 11 is 0. The molecule has 1 rings (SSSR count). The van der Waals surface area contributed by atoms with Crippen LogP contribution in [0.1, 0.15) is 49.3 Å². The lowest BCUT2D eigenvalue weighted by molar-refractivity contribution is -0.118. The number of carbonyl (C=O) groups is 1. The summed E-state index contributed by atoms with van der Waals surface area (Å²) in [6, 6.07) is -0.0644. The monoisotopic (exact) mass is 266 g/mol. The molecule has 0 aromatic carbocycles. The van der Waals surface area contributed by atoms with Crippen molar-refractivity contribution in [2.24, 2.45) is 5.73 Å². The third kappa shape index (κ3) is 4.82. The van der Waals surface area contributed by atoms with E-state index in [4.69, 9.17) is 5.73 Å². The number of aromatic nitrogens is 2. The van der Waals surface area contributed by atoms with Crippen molar-refractivity contribution in [1.29, 1.82) is 0 Å². The van der Waals surface area contributed by atoms with Crippen molar-refractivity contribution < 1.29 is 4.79 Å². The van der Waals surface area contributed by atoms with Crippen molar-refractivity contribution in [3.8, 4) is 0 Å². The van der Waals surface area contributed by atoms with Crippen molar-refractivity contribution in [3.63, 3.8) is 0 Å². The topological polar surface area (TPSA) is 101 Å². The van der Waals surface area contributed by atoms with Gasteiger partial charge in [0.1, 0.15) is 5.82 Å². The molecule has 0 radical (unpaired) electrons. The molecule has 19 heavy (non-hydrogen) atoms. The molecule has 1 heterocycles. The average molecular weight is 266 g/mol. The Kier molecular flexibility index (Phi) is 5.69. The summed E-state index contributed by atoms with van der Waals surface area (Å²) in [5.41, 5.74) is 6.39. The van der Waals surface area contributed by atoms with Crippen molar-refractivity contribution >= 4 is 5.91 Å². The molecular formula is C13H22N4O2. The zero-order valence-corrected chi connectivity index (χ0v) is 11.7. The number of aryl methyl sites for hydroxylation is 2. The number of hydrogen-bond donors (Lipinski definition) is 3. The number of carbonyl (C=O) groups excluding carboxylic acids is 1. The Hall–Kier alpha value is -1.69. The number of rotatable bonds is 7. The highest BCUT2D eigenvalue weighted by atomic mass is 16.1. The van der Waals surface area contributed by atoms with E-state index in [0.29, 0.717) is 17.8 Å². The van der Waals surface area contributed by atoms with Gasteiger partial charge in [0.05, 0.1) is 5.56 Å². The minimum absolute atomic E-state index is 0.0644. The van der Waals surface area contributed by atoms with Crippen LogP contribution in [-0.2, 0) is 4.79 Å². The number of unbranched alkanes of at least 4 members (excludes halogenated alkanes) is 1. The third-order valence-electron chi connectivity index (χ3n) is 3.00. The Morgan fingerprint density at radius 1 is 1.42 bits per heavy atom. The van der Waals surface area contributed by atoms with Crippen LogP contribution in [0.15, 0.2) is 4.79 Å². The normalized spacial score (nSPS) is 12.4. The minimum atomic E-state index is -0.275. The molecule has 0 fully saturated rings. The van der Waals surface area contributed by atoms with Gasteiger partial charge in [-0.05, 0) is 40.2 Å². The van der Waals surface area contributed by atoms with E-state index >= 15 is 0 Å². The molecular weight excluding hydrogens is 244 g/mol. The molecule has 6 heteroatoms. The van der Waals surface area contributed by atoms with E-state index in [9.17, 15) is 9.59 Å². The Balaban J connectivity index is 2.52. The summed E-state index contributed by atoms with van der Waals surface area (Å²) in [7, 11) is 0. The van der Waals surface area contributed by atoms with E-state index in [0.717, 1.165) is 25.1 Å². The molecule has 1 aromatic heterocycles. The van der Waals surface area contributed by atoms with E-state index in [1.807, 2.05) is 13.8 Å². The van der Waals surface area contributed by atoms with Gasteiger partial charge in [-0.1, -0.05) is 0 Å². The van der Waals surface area contributed by atoms with Gasteiger partial charge in [0.15, 0.2) is 0 Å². The lowest BCUT2D eigenvalue weighted by atomic mass is 10.1. The molecule has 0 saturated carbocycles. The number of nitrogens with one attached hydrogen (secondary N) is 2. The second-order valence-electron chi connectivity index (χ2n) is 4.75. The third-order valence-corrected chi connectivity index (χ3v) is 3.00. The minimum Gasteiger partial charge on any atom is -0.370 e. The van der Waals surface area contributed by atoms with E-state index < -0.39 is 0 Å². The number of H-pyrrole nitrogens is 1. The predicted molar refractivity (Wildman–Crippen MR) is 73.8 cm³/mol. The molecule has 0 spiro atoms. The molecule has 1 aromatic rings. The highest BCUT2D eigenvalue weighted by Crippen LogP contribution is 2.10. The van der Waals surface area contributed by atoms with Crippen LogP contribution in [0.3, 0.4) is 0 Å². The van der Waals surface area contributed by atoms with Crippen LogP contribution in [0.4, 0.5) is 0 Å². The zero-order chi connectivity index (χ0) is 14.4. The number of aromatic amines is 1. The van der Waals surface area contributed by atoms with Crippen LogP contribution >= 0.6 is 0 Å². The van der Waals surface area contributed by atoms with E-state index in [1.54, 1.807) is 6.92 Å². The van der Waals surface area contributed by atoms with Crippen LogP contribution in [0.2, 0.25) is 0 Å². The molecule has 106 valence electrons. The summed E-state index contributed by atoms with van der Waals surface area (Å²) in [6.45, 7) is 6.27. The van der Waals surface area contributed by atoms with Gasteiger partial charge in [-0.15, -0.1) is 0 Å². The van der Waals surface area contributed by atoms with Gasteiger partial charge in [0.2, 0.25) is 5.91 Å². The fourth-order valence-corrected chi connectivity index (χ4v) is 2.09. The first-order chi connectivity index (χ1) is 8.91. The van der Waals surface area contributed by atoms with Crippen LogP contribution in [0.5, 0.6) is 0 Å². The Morgan fingerprint density at radius 2 is 2.11 bits per heavy atom. The van der Waals surface area contributed by atoms with Crippen LogP contribution in [0.25, 0.3) is 0 Å². The molecule has 0 aliphatic rings. The molecule has 0 aliphatic heterocycles. The summed E-state index contributed by atoms with van der Waals surface area (Å²) < 4.78 is 0. The largest absolute Gasteiger partial charge is 0.370 e. The van der Waals surface area contributed by atoms with Gasteiger partial charge in [-0.3, -0.25) is 9.59 Å². The summed E-state index contributed by atoms with van der Waals surface area (Å²) in [5, 5.41) is 3.26. The Morgan fingerprint density at radius 3 is 2.68 bits per heavy atom. The summed E-state index contributed by atoms with van der Waals surface area (Å²) in [6.07, 6.45) is 2.02. The quantitative estimate of drug-likeness (QED) is 0.632. The van der Waals surface area contributed by atoms with Gasteiger partial charge in [0.25, 0.3) is 5.56 Å². The second-order valence-corrected chi connectivity index (χ2v) is 4.75. The first-order valence-corrected chi connectivity index (χ1v) is 6.51. The van der Waals surface area contributed by atoms with Crippen molar-refractivity contribution in [2.75, 3.05) is 6.54 Å². The number of hydrogen-bond acceptors (Lipinski definition) is 4. The average Bonchev–Trinajstić information content (AvgIpc) is 2.26. The van der Waals surface area contributed by atoms with E-state index in [2.05, 4.69) is 15.3 Å². The van der Waals surface area contributed by atoms with E-state index in [1.165, 1.54) is 0 Å². The van der Waals surface area contributed by atoms with Gasteiger partial charge in [-0.2, -0.15) is 0 Å². The standard InChI is InChI=1S/C13H22N4O2/c1-8(15-7-5-4-6-11(14)18)12-9(2)16-10(3)17-13(12)19/h8,15H,4-7H2,1-3H3,(H2,14,18)(H,16,17,19). The fraction of sp³-hybridized carbons (Fsp3) is 0.615. The lowest BCUT2D eigenvalue weighted by Crippen LogP contribution is -2.28. The SMILES string of the molecule is Cc1nc(C)c(C(C)NCCCCC(N)=O)c(=O)[nH]1. The highest BCUT2D eigenvalue weighted by Gasteiger charge is 2.13. The molecule has 1 atom stereocenters. The molecule has 0 bridgehead atoms. The maximum atomic E-state index is 11.9. The molecule has 6 nitrogen and oxygen atoms in total. The summed E-state index contributed by atoms with van der Waals surface area (Å²) in [5.74, 6) is 0.350. The van der Waals surface area contributed by atoms with Gasteiger partial charge in [0, 0.05) is 18.2 Å². The van der Waals surface area contributed by atoms with Crippen molar-refractivity contribution in [2.45, 2.75) is 46.1 Å². The lowest BCUT2D eigenvalue weighted by Gasteiger charge is -2.15. The maximum Gasteiger partial charge on any atom is 0.255 e. The van der Waals surface area contributed by atoms with Gasteiger partial charge in [-0.25, -0.2) is 4.98 Å². The maximum absolute atomic E-state index is 11.9.